The molecule has 4 heteroatoms. The summed E-state index contributed by atoms with van der Waals surface area (Å²) in [6, 6.07) is 7.58. The molecule has 0 radical (unpaired) electrons. The van der Waals surface area contributed by atoms with Gasteiger partial charge in [0.15, 0.2) is 0 Å². The van der Waals surface area contributed by atoms with Crippen LogP contribution in [0.1, 0.15) is 24.0 Å². The number of esters is 1. The minimum Gasteiger partial charge on any atom is -0.455 e. The molecule has 0 heterocycles. The Labute approximate surface area is 101 Å². The summed E-state index contributed by atoms with van der Waals surface area (Å²) in [6.07, 6.45) is 0.668. The van der Waals surface area contributed by atoms with Crippen LogP contribution in [0.15, 0.2) is 24.3 Å². The predicted octanol–water partition coefficient (Wildman–Crippen LogP) is 1.35. The SMILES string of the molecule is Cc1ccccc1COC(=O)C(=O)CCCN. The van der Waals surface area contributed by atoms with Gasteiger partial charge in [0, 0.05) is 6.42 Å². The third-order valence-corrected chi connectivity index (χ3v) is 2.46. The van der Waals surface area contributed by atoms with Crippen molar-refractivity contribution in [3.63, 3.8) is 0 Å². The second-order valence-electron chi connectivity index (χ2n) is 3.82. The van der Waals surface area contributed by atoms with Gasteiger partial charge in [-0.3, -0.25) is 4.79 Å². The van der Waals surface area contributed by atoms with Crippen LogP contribution in [0.3, 0.4) is 0 Å². The Hall–Kier alpha value is -1.68. The molecule has 4 nitrogen and oxygen atoms in total. The average molecular weight is 235 g/mol. The quantitative estimate of drug-likeness (QED) is 0.597. The first-order valence-electron chi connectivity index (χ1n) is 5.59. The fourth-order valence-corrected chi connectivity index (χ4v) is 1.36. The van der Waals surface area contributed by atoms with Gasteiger partial charge in [-0.1, -0.05) is 24.3 Å². The number of Topliss-reactive ketones (excluding diaryl/α,β-unsaturated/α-hetero) is 1. The molecule has 0 atom stereocenters. The molecular formula is C13H17NO3. The van der Waals surface area contributed by atoms with E-state index in [9.17, 15) is 9.59 Å². The van der Waals surface area contributed by atoms with Gasteiger partial charge in [0.2, 0.25) is 5.78 Å². The van der Waals surface area contributed by atoms with Gasteiger partial charge in [-0.15, -0.1) is 0 Å². The van der Waals surface area contributed by atoms with Crippen molar-refractivity contribution in [2.75, 3.05) is 6.54 Å². The van der Waals surface area contributed by atoms with Crippen LogP contribution in [-0.4, -0.2) is 18.3 Å². The lowest BCUT2D eigenvalue weighted by molar-refractivity contribution is -0.154. The molecule has 0 aliphatic heterocycles. The second kappa shape index (κ2) is 6.81. The molecule has 0 saturated heterocycles. The molecule has 0 saturated carbocycles. The second-order valence-corrected chi connectivity index (χ2v) is 3.82. The first-order chi connectivity index (χ1) is 8.15. The molecular weight excluding hydrogens is 218 g/mol. The van der Waals surface area contributed by atoms with Gasteiger partial charge in [0.1, 0.15) is 6.61 Å². The van der Waals surface area contributed by atoms with E-state index in [4.69, 9.17) is 10.5 Å². The molecule has 2 N–H and O–H groups in total. The topological polar surface area (TPSA) is 69.4 Å². The van der Waals surface area contributed by atoms with Crippen LogP contribution in [0.5, 0.6) is 0 Å². The maximum absolute atomic E-state index is 11.3. The third-order valence-electron chi connectivity index (χ3n) is 2.46. The summed E-state index contributed by atoms with van der Waals surface area (Å²) >= 11 is 0. The lowest BCUT2D eigenvalue weighted by Crippen LogP contribution is -2.18. The molecule has 1 aromatic carbocycles. The third kappa shape index (κ3) is 4.36. The van der Waals surface area contributed by atoms with Gasteiger partial charge < -0.3 is 10.5 Å². The summed E-state index contributed by atoms with van der Waals surface area (Å²) in [4.78, 5) is 22.6. The normalized spacial score (nSPS) is 10.0. The van der Waals surface area contributed by atoms with Crippen LogP contribution in [0.2, 0.25) is 0 Å². The number of hydrogen-bond acceptors (Lipinski definition) is 4. The highest BCUT2D eigenvalue weighted by Gasteiger charge is 2.14. The molecule has 0 aliphatic rings. The summed E-state index contributed by atoms with van der Waals surface area (Å²) in [7, 11) is 0. The zero-order valence-electron chi connectivity index (χ0n) is 9.94. The first kappa shape index (κ1) is 13.4. The number of benzene rings is 1. The van der Waals surface area contributed by atoms with E-state index in [2.05, 4.69) is 0 Å². The van der Waals surface area contributed by atoms with E-state index in [1.54, 1.807) is 0 Å². The van der Waals surface area contributed by atoms with Crippen LogP contribution >= 0.6 is 0 Å². The first-order valence-corrected chi connectivity index (χ1v) is 5.59. The number of hydrogen-bond donors (Lipinski definition) is 1. The summed E-state index contributed by atoms with van der Waals surface area (Å²) in [5, 5.41) is 0. The molecule has 0 amide bonds. The molecule has 0 aromatic heterocycles. The average Bonchev–Trinajstić information content (AvgIpc) is 2.34. The summed E-state index contributed by atoms with van der Waals surface area (Å²) in [5.41, 5.74) is 7.20. The van der Waals surface area contributed by atoms with E-state index in [0.717, 1.165) is 11.1 Å². The lowest BCUT2D eigenvalue weighted by atomic mass is 10.1. The fraction of sp³-hybridized carbons (Fsp3) is 0.385. The highest BCUT2D eigenvalue weighted by molar-refractivity contribution is 6.33. The smallest absolute Gasteiger partial charge is 0.374 e. The summed E-state index contributed by atoms with van der Waals surface area (Å²) in [6.45, 7) is 2.47. The van der Waals surface area contributed by atoms with Gasteiger partial charge in [-0.05, 0) is 31.0 Å². The van der Waals surface area contributed by atoms with Gasteiger partial charge in [0.25, 0.3) is 0 Å². The number of rotatable bonds is 6. The van der Waals surface area contributed by atoms with Crippen molar-refractivity contribution >= 4 is 11.8 Å². The van der Waals surface area contributed by atoms with Crippen molar-refractivity contribution in [1.82, 2.24) is 0 Å². The van der Waals surface area contributed by atoms with Crippen molar-refractivity contribution < 1.29 is 14.3 Å². The molecule has 0 bridgehead atoms. The fourth-order valence-electron chi connectivity index (χ4n) is 1.36. The van der Waals surface area contributed by atoms with Crippen molar-refractivity contribution in [2.45, 2.75) is 26.4 Å². The van der Waals surface area contributed by atoms with Crippen molar-refractivity contribution in [3.8, 4) is 0 Å². The highest BCUT2D eigenvalue weighted by atomic mass is 16.5. The number of ether oxygens (including phenoxy) is 1. The minimum atomic E-state index is -0.776. The van der Waals surface area contributed by atoms with E-state index in [0.29, 0.717) is 13.0 Å². The largest absolute Gasteiger partial charge is 0.455 e. The Bertz CT molecular complexity index is 401. The maximum atomic E-state index is 11.3. The zero-order chi connectivity index (χ0) is 12.7. The molecule has 1 rings (SSSR count). The number of carbonyl (C=O) groups excluding carboxylic acids is 2. The van der Waals surface area contributed by atoms with Gasteiger partial charge in [0.05, 0.1) is 0 Å². The van der Waals surface area contributed by atoms with Crippen LogP contribution in [-0.2, 0) is 20.9 Å². The van der Waals surface area contributed by atoms with E-state index >= 15 is 0 Å². The lowest BCUT2D eigenvalue weighted by Gasteiger charge is -2.06. The molecule has 0 spiro atoms. The Balaban J connectivity index is 2.43. The van der Waals surface area contributed by atoms with Crippen molar-refractivity contribution in [2.24, 2.45) is 5.73 Å². The molecule has 92 valence electrons. The number of nitrogens with two attached hydrogens (primary N) is 1. The Morgan fingerprint density at radius 1 is 1.29 bits per heavy atom. The number of ketones is 1. The van der Waals surface area contributed by atoms with Crippen LogP contribution in [0.4, 0.5) is 0 Å². The molecule has 17 heavy (non-hydrogen) atoms. The predicted molar refractivity (Wildman–Crippen MR) is 64.3 cm³/mol. The van der Waals surface area contributed by atoms with Crippen LogP contribution in [0.25, 0.3) is 0 Å². The Morgan fingerprint density at radius 3 is 2.65 bits per heavy atom. The number of aryl methyl sites for hydroxylation is 1. The number of carbonyl (C=O) groups is 2. The van der Waals surface area contributed by atoms with E-state index in [1.807, 2.05) is 31.2 Å². The van der Waals surface area contributed by atoms with Crippen LogP contribution in [0, 0.1) is 6.92 Å². The standard InChI is InChI=1S/C13H17NO3/c1-10-5-2-3-6-11(10)9-17-13(16)12(15)7-4-8-14/h2-3,5-6H,4,7-9,14H2,1H3. The van der Waals surface area contributed by atoms with Crippen molar-refractivity contribution in [3.05, 3.63) is 35.4 Å². The molecule has 0 fully saturated rings. The van der Waals surface area contributed by atoms with E-state index in [1.165, 1.54) is 0 Å². The van der Waals surface area contributed by atoms with E-state index < -0.39 is 11.8 Å². The minimum absolute atomic E-state index is 0.139. The highest BCUT2D eigenvalue weighted by Crippen LogP contribution is 2.08. The molecule has 0 aliphatic carbocycles. The molecule has 1 aromatic rings. The Morgan fingerprint density at radius 2 is 2.00 bits per heavy atom. The Kier molecular flexibility index (Phi) is 5.36. The summed E-state index contributed by atoms with van der Waals surface area (Å²) in [5.74, 6) is -1.29. The van der Waals surface area contributed by atoms with Crippen LogP contribution < -0.4 is 5.73 Å². The van der Waals surface area contributed by atoms with Crippen molar-refractivity contribution in [1.29, 1.82) is 0 Å². The van der Waals surface area contributed by atoms with Gasteiger partial charge >= 0.3 is 5.97 Å². The van der Waals surface area contributed by atoms with Gasteiger partial charge in [-0.2, -0.15) is 0 Å². The maximum Gasteiger partial charge on any atom is 0.374 e. The molecule has 0 unspecified atom stereocenters. The summed E-state index contributed by atoms with van der Waals surface area (Å²) < 4.78 is 4.94. The zero-order valence-corrected chi connectivity index (χ0v) is 9.94. The van der Waals surface area contributed by atoms with Gasteiger partial charge in [-0.25, -0.2) is 4.79 Å². The van der Waals surface area contributed by atoms with E-state index in [-0.39, 0.29) is 13.0 Å². The monoisotopic (exact) mass is 235 g/mol.